The van der Waals surface area contributed by atoms with E-state index in [1.807, 2.05) is 0 Å². The van der Waals surface area contributed by atoms with Crippen LogP contribution in [0.5, 0.6) is 5.75 Å². The Morgan fingerprint density at radius 1 is 1.13 bits per heavy atom. The van der Waals surface area contributed by atoms with Crippen molar-refractivity contribution in [2.24, 2.45) is 0 Å². The molecule has 0 heterocycles. The molecule has 0 unspecified atom stereocenters. The van der Waals surface area contributed by atoms with Gasteiger partial charge in [-0.3, -0.25) is 4.79 Å². The fraction of sp³-hybridized carbons (Fsp3) is 0.125. The number of anilines is 1. The second-order valence-electron chi connectivity index (χ2n) is 4.71. The number of rotatable bonds is 4. The Balaban J connectivity index is 2.03. The summed E-state index contributed by atoms with van der Waals surface area (Å²) in [5.74, 6) is -1.65. The van der Waals surface area contributed by atoms with E-state index in [0.717, 1.165) is 0 Å². The van der Waals surface area contributed by atoms with E-state index in [9.17, 15) is 14.7 Å². The normalized spacial score (nSPS) is 11.6. The first kappa shape index (κ1) is 17.1. The zero-order chi connectivity index (χ0) is 17.0. The lowest BCUT2D eigenvalue weighted by Crippen LogP contribution is -2.30. The van der Waals surface area contributed by atoms with E-state index >= 15 is 0 Å². The monoisotopic (exact) mass is 353 g/mol. The van der Waals surface area contributed by atoms with Crippen LogP contribution in [0.4, 0.5) is 5.69 Å². The number of ether oxygens (including phenoxy) is 1. The Kier molecular flexibility index (Phi) is 5.47. The van der Waals surface area contributed by atoms with Gasteiger partial charge >= 0.3 is 5.97 Å². The Morgan fingerprint density at radius 3 is 2.52 bits per heavy atom. The molecule has 0 aliphatic carbocycles. The van der Waals surface area contributed by atoms with Gasteiger partial charge in [0, 0.05) is 15.7 Å². The third-order valence-corrected chi connectivity index (χ3v) is 3.39. The molecule has 2 N–H and O–H groups in total. The fourth-order valence-electron chi connectivity index (χ4n) is 1.76. The van der Waals surface area contributed by atoms with Crippen LogP contribution in [-0.4, -0.2) is 23.1 Å². The number of hydrogen-bond acceptors (Lipinski definition) is 4. The summed E-state index contributed by atoms with van der Waals surface area (Å²) in [6.45, 7) is 1.42. The second-order valence-corrected chi connectivity index (χ2v) is 5.58. The number of esters is 1. The summed E-state index contributed by atoms with van der Waals surface area (Å²) in [5, 5.41) is 13.0. The number of benzene rings is 2. The summed E-state index contributed by atoms with van der Waals surface area (Å²) >= 11 is 11.6. The van der Waals surface area contributed by atoms with Gasteiger partial charge in [0.25, 0.3) is 5.91 Å². The minimum atomic E-state index is -1.07. The van der Waals surface area contributed by atoms with E-state index in [-0.39, 0.29) is 16.3 Å². The van der Waals surface area contributed by atoms with E-state index in [4.69, 9.17) is 27.9 Å². The van der Waals surface area contributed by atoms with Crippen LogP contribution in [0, 0.1) is 0 Å². The predicted molar refractivity (Wildman–Crippen MR) is 88.1 cm³/mol. The molecule has 0 aliphatic rings. The highest BCUT2D eigenvalue weighted by Gasteiger charge is 2.21. The molecule has 0 aliphatic heterocycles. The molecule has 0 radical (unpaired) electrons. The topological polar surface area (TPSA) is 75.6 Å². The first-order chi connectivity index (χ1) is 10.9. The summed E-state index contributed by atoms with van der Waals surface area (Å²) in [5.41, 5.74) is 0.371. The highest BCUT2D eigenvalue weighted by molar-refractivity contribution is 6.31. The van der Waals surface area contributed by atoms with Crippen molar-refractivity contribution in [3.8, 4) is 5.75 Å². The zero-order valence-corrected chi connectivity index (χ0v) is 13.6. The summed E-state index contributed by atoms with van der Waals surface area (Å²) in [6.07, 6.45) is -1.07. The van der Waals surface area contributed by atoms with E-state index in [1.54, 1.807) is 24.3 Å². The molecular formula is C16H13Cl2NO4. The van der Waals surface area contributed by atoms with Crippen LogP contribution in [0.1, 0.15) is 17.3 Å². The maximum Gasteiger partial charge on any atom is 0.342 e. The Morgan fingerprint density at radius 2 is 1.83 bits per heavy atom. The van der Waals surface area contributed by atoms with Crippen molar-refractivity contribution < 1.29 is 19.4 Å². The van der Waals surface area contributed by atoms with Gasteiger partial charge in [-0.05, 0) is 43.3 Å². The highest BCUT2D eigenvalue weighted by Crippen LogP contribution is 2.23. The Labute approximate surface area is 142 Å². The van der Waals surface area contributed by atoms with Gasteiger partial charge < -0.3 is 15.2 Å². The van der Waals surface area contributed by atoms with Crippen molar-refractivity contribution in [1.82, 2.24) is 0 Å². The molecule has 1 atom stereocenters. The molecule has 2 rings (SSSR count). The quantitative estimate of drug-likeness (QED) is 0.817. The third-order valence-electron chi connectivity index (χ3n) is 2.92. The minimum Gasteiger partial charge on any atom is -0.507 e. The number of halogens is 2. The average molecular weight is 354 g/mol. The molecular weight excluding hydrogens is 341 g/mol. The molecule has 23 heavy (non-hydrogen) atoms. The maximum atomic E-state index is 12.0. The number of carbonyl (C=O) groups excluding carboxylic acids is 2. The van der Waals surface area contributed by atoms with Gasteiger partial charge in [0.1, 0.15) is 11.3 Å². The molecule has 2 aromatic rings. The van der Waals surface area contributed by atoms with Crippen molar-refractivity contribution >= 4 is 40.8 Å². The van der Waals surface area contributed by atoms with E-state index in [1.165, 1.54) is 25.1 Å². The molecule has 0 aromatic heterocycles. The smallest absolute Gasteiger partial charge is 0.342 e. The van der Waals surface area contributed by atoms with Crippen LogP contribution >= 0.6 is 23.2 Å². The number of aromatic hydroxyl groups is 1. The molecule has 2 aromatic carbocycles. The molecule has 0 saturated heterocycles. The Hall–Kier alpha value is -2.24. The number of phenols is 1. The minimum absolute atomic E-state index is 0.111. The van der Waals surface area contributed by atoms with Crippen molar-refractivity contribution in [3.05, 3.63) is 58.1 Å². The molecule has 0 bridgehead atoms. The molecule has 0 spiro atoms. The molecule has 1 amide bonds. The van der Waals surface area contributed by atoms with E-state index in [2.05, 4.69) is 5.32 Å². The van der Waals surface area contributed by atoms with Crippen molar-refractivity contribution in [1.29, 1.82) is 0 Å². The van der Waals surface area contributed by atoms with Gasteiger partial charge in [0.05, 0.1) is 0 Å². The number of hydrogen-bond donors (Lipinski definition) is 2. The van der Waals surface area contributed by atoms with Crippen LogP contribution in [0.15, 0.2) is 42.5 Å². The summed E-state index contributed by atoms with van der Waals surface area (Å²) in [6, 6.07) is 10.5. The number of phenolic OH excluding ortho intramolecular Hbond substituents is 1. The number of amides is 1. The lowest BCUT2D eigenvalue weighted by atomic mass is 10.2. The van der Waals surface area contributed by atoms with Gasteiger partial charge in [-0.2, -0.15) is 0 Å². The van der Waals surface area contributed by atoms with Crippen LogP contribution in [-0.2, 0) is 9.53 Å². The SMILES string of the molecule is C[C@H](OC(=O)c1cc(Cl)ccc1O)C(=O)Nc1cccc(Cl)c1. The molecule has 120 valence electrons. The van der Waals surface area contributed by atoms with Gasteiger partial charge in [-0.15, -0.1) is 0 Å². The largest absolute Gasteiger partial charge is 0.507 e. The second kappa shape index (κ2) is 7.35. The average Bonchev–Trinajstić information content (AvgIpc) is 2.49. The maximum absolute atomic E-state index is 12.0. The van der Waals surface area contributed by atoms with Crippen LogP contribution < -0.4 is 5.32 Å². The third kappa shape index (κ3) is 4.61. The lowest BCUT2D eigenvalue weighted by Gasteiger charge is -2.14. The number of carbonyl (C=O) groups is 2. The van der Waals surface area contributed by atoms with Crippen LogP contribution in [0.25, 0.3) is 0 Å². The first-order valence-electron chi connectivity index (χ1n) is 6.63. The molecule has 0 fully saturated rings. The standard InChI is InChI=1S/C16H13Cl2NO4/c1-9(15(21)19-12-4-2-3-10(17)7-12)23-16(22)13-8-11(18)5-6-14(13)20/h2-9,20H,1H3,(H,19,21)/t9-/m0/s1. The van der Waals surface area contributed by atoms with Crippen molar-refractivity contribution in [2.45, 2.75) is 13.0 Å². The first-order valence-corrected chi connectivity index (χ1v) is 7.38. The van der Waals surface area contributed by atoms with Crippen molar-refractivity contribution in [2.75, 3.05) is 5.32 Å². The zero-order valence-electron chi connectivity index (χ0n) is 12.0. The lowest BCUT2D eigenvalue weighted by molar-refractivity contribution is -0.123. The van der Waals surface area contributed by atoms with Crippen LogP contribution in [0.2, 0.25) is 10.0 Å². The van der Waals surface area contributed by atoms with Gasteiger partial charge in [-0.25, -0.2) is 4.79 Å². The van der Waals surface area contributed by atoms with Gasteiger partial charge in [0.15, 0.2) is 6.10 Å². The summed E-state index contributed by atoms with van der Waals surface area (Å²) in [7, 11) is 0. The summed E-state index contributed by atoms with van der Waals surface area (Å²) < 4.78 is 5.03. The Bertz CT molecular complexity index is 749. The number of nitrogens with one attached hydrogen (secondary N) is 1. The van der Waals surface area contributed by atoms with E-state index in [0.29, 0.717) is 10.7 Å². The fourth-order valence-corrected chi connectivity index (χ4v) is 2.12. The molecule has 0 saturated carbocycles. The van der Waals surface area contributed by atoms with Crippen LogP contribution in [0.3, 0.4) is 0 Å². The summed E-state index contributed by atoms with van der Waals surface area (Å²) in [4.78, 5) is 24.0. The van der Waals surface area contributed by atoms with Crippen molar-refractivity contribution in [3.63, 3.8) is 0 Å². The predicted octanol–water partition coefficient (Wildman–Crippen LogP) is 3.88. The highest BCUT2D eigenvalue weighted by atomic mass is 35.5. The molecule has 5 nitrogen and oxygen atoms in total. The molecule has 7 heteroatoms. The van der Waals surface area contributed by atoms with Gasteiger partial charge in [-0.1, -0.05) is 29.3 Å². The van der Waals surface area contributed by atoms with Gasteiger partial charge in [0.2, 0.25) is 0 Å². The van der Waals surface area contributed by atoms with E-state index < -0.39 is 18.0 Å².